The van der Waals surface area contributed by atoms with Crippen LogP contribution in [0.15, 0.2) is 84.1 Å². The summed E-state index contributed by atoms with van der Waals surface area (Å²) in [5.41, 5.74) is 3.77. The topological polar surface area (TPSA) is 46.4 Å². The summed E-state index contributed by atoms with van der Waals surface area (Å²) < 4.78 is 53.7. The zero-order valence-corrected chi connectivity index (χ0v) is 16.6. The van der Waals surface area contributed by atoms with Gasteiger partial charge in [0, 0.05) is 34.8 Å². The van der Waals surface area contributed by atoms with Crippen LogP contribution in [0.4, 0.5) is 17.6 Å². The number of amides is 1. The molecule has 4 rings (SSSR count). The number of hydrogen-bond donors (Lipinski definition) is 1. The zero-order chi connectivity index (χ0) is 22.7. The molecule has 0 saturated heterocycles. The van der Waals surface area contributed by atoms with Gasteiger partial charge in [-0.1, -0.05) is 36.4 Å². The zero-order valence-electron chi connectivity index (χ0n) is 16.6. The lowest BCUT2D eigenvalue weighted by atomic mass is 10.1. The summed E-state index contributed by atoms with van der Waals surface area (Å²) in [7, 11) is 0. The standard InChI is InChI=1S/C24H17F4N3O/c25-20-10-8-16(9-11-20)14-31-15-18(21-6-1-2-7-22(21)31)13-29-30-23(32)17-4-3-5-19(12-17)24(26,27)28/h1-13,15H,14H2,(H,30,32). The van der Waals surface area contributed by atoms with E-state index in [0.717, 1.165) is 28.6 Å². The number of alkyl halides is 3. The van der Waals surface area contributed by atoms with Gasteiger partial charge in [-0.2, -0.15) is 18.3 Å². The molecule has 1 amide bonds. The highest BCUT2D eigenvalue weighted by Crippen LogP contribution is 2.29. The number of hydrazone groups is 1. The summed E-state index contributed by atoms with van der Waals surface area (Å²) >= 11 is 0. The Hall–Kier alpha value is -3.94. The summed E-state index contributed by atoms with van der Waals surface area (Å²) in [6.07, 6.45) is -1.26. The highest BCUT2D eigenvalue weighted by molar-refractivity contribution is 6.00. The first-order valence-electron chi connectivity index (χ1n) is 9.64. The van der Waals surface area contributed by atoms with Crippen molar-refractivity contribution < 1.29 is 22.4 Å². The third-order valence-corrected chi connectivity index (χ3v) is 4.91. The molecule has 0 aliphatic carbocycles. The minimum atomic E-state index is -4.54. The van der Waals surface area contributed by atoms with Crippen molar-refractivity contribution in [3.8, 4) is 0 Å². The smallest absolute Gasteiger partial charge is 0.342 e. The Morgan fingerprint density at radius 3 is 2.50 bits per heavy atom. The number of carbonyl (C=O) groups is 1. The number of halogens is 4. The highest BCUT2D eigenvalue weighted by atomic mass is 19.4. The van der Waals surface area contributed by atoms with E-state index in [2.05, 4.69) is 10.5 Å². The van der Waals surface area contributed by atoms with Gasteiger partial charge in [-0.15, -0.1) is 0 Å². The lowest BCUT2D eigenvalue weighted by Gasteiger charge is -2.07. The van der Waals surface area contributed by atoms with Crippen LogP contribution in [0.3, 0.4) is 0 Å². The van der Waals surface area contributed by atoms with Gasteiger partial charge < -0.3 is 4.57 Å². The molecule has 0 atom stereocenters. The Balaban J connectivity index is 1.54. The fourth-order valence-electron chi connectivity index (χ4n) is 3.36. The predicted octanol–water partition coefficient (Wildman–Crippen LogP) is 5.61. The molecule has 32 heavy (non-hydrogen) atoms. The first kappa shape index (κ1) is 21.3. The monoisotopic (exact) mass is 439 g/mol. The van der Waals surface area contributed by atoms with Crippen molar-refractivity contribution in [3.05, 3.63) is 107 Å². The number of carbonyl (C=O) groups excluding carboxylic acids is 1. The van der Waals surface area contributed by atoms with Gasteiger partial charge in [0.1, 0.15) is 5.82 Å². The van der Waals surface area contributed by atoms with Gasteiger partial charge in [0.15, 0.2) is 0 Å². The highest BCUT2D eigenvalue weighted by Gasteiger charge is 2.30. The van der Waals surface area contributed by atoms with E-state index in [1.165, 1.54) is 30.5 Å². The number of hydrogen-bond acceptors (Lipinski definition) is 2. The van der Waals surface area contributed by atoms with E-state index in [9.17, 15) is 22.4 Å². The molecule has 0 aliphatic rings. The molecule has 3 aromatic carbocycles. The lowest BCUT2D eigenvalue weighted by Crippen LogP contribution is -2.18. The fraction of sp³-hybridized carbons (Fsp3) is 0.0833. The maximum absolute atomic E-state index is 13.2. The molecule has 0 unspecified atom stereocenters. The Morgan fingerprint density at radius 2 is 1.75 bits per heavy atom. The minimum Gasteiger partial charge on any atom is -0.342 e. The second kappa shape index (κ2) is 8.66. The van der Waals surface area contributed by atoms with E-state index in [1.807, 2.05) is 35.0 Å². The van der Waals surface area contributed by atoms with Crippen LogP contribution in [0.25, 0.3) is 10.9 Å². The molecule has 0 fully saturated rings. The third kappa shape index (κ3) is 4.69. The molecule has 4 aromatic rings. The van der Waals surface area contributed by atoms with E-state index in [-0.39, 0.29) is 11.4 Å². The van der Waals surface area contributed by atoms with Crippen molar-refractivity contribution in [2.75, 3.05) is 0 Å². The molecule has 162 valence electrons. The van der Waals surface area contributed by atoms with E-state index in [4.69, 9.17) is 0 Å². The number of rotatable bonds is 5. The SMILES string of the molecule is O=C(NN=Cc1cn(Cc2ccc(F)cc2)c2ccccc12)c1cccc(C(F)(F)F)c1. The van der Waals surface area contributed by atoms with Crippen molar-refractivity contribution in [2.45, 2.75) is 12.7 Å². The molecular weight excluding hydrogens is 422 g/mol. The second-order valence-corrected chi connectivity index (χ2v) is 7.13. The van der Waals surface area contributed by atoms with Crippen LogP contribution in [-0.4, -0.2) is 16.7 Å². The van der Waals surface area contributed by atoms with Crippen LogP contribution in [0.2, 0.25) is 0 Å². The number of nitrogens with one attached hydrogen (secondary N) is 1. The van der Waals surface area contributed by atoms with Crippen LogP contribution >= 0.6 is 0 Å². The average molecular weight is 439 g/mol. The number of aromatic nitrogens is 1. The van der Waals surface area contributed by atoms with Crippen molar-refractivity contribution in [2.24, 2.45) is 5.10 Å². The second-order valence-electron chi connectivity index (χ2n) is 7.13. The van der Waals surface area contributed by atoms with Gasteiger partial charge in [0.2, 0.25) is 0 Å². The van der Waals surface area contributed by atoms with Crippen LogP contribution < -0.4 is 5.43 Å². The molecule has 0 bridgehead atoms. The molecule has 4 nitrogen and oxygen atoms in total. The van der Waals surface area contributed by atoms with Gasteiger partial charge in [-0.05, 0) is 42.0 Å². The summed E-state index contributed by atoms with van der Waals surface area (Å²) in [6.45, 7) is 0.505. The van der Waals surface area contributed by atoms with Crippen molar-refractivity contribution in [1.82, 2.24) is 9.99 Å². The van der Waals surface area contributed by atoms with E-state index in [0.29, 0.717) is 12.1 Å². The first-order chi connectivity index (χ1) is 15.3. The van der Waals surface area contributed by atoms with Gasteiger partial charge in [-0.3, -0.25) is 4.79 Å². The summed E-state index contributed by atoms with van der Waals surface area (Å²) in [6, 6.07) is 17.9. The van der Waals surface area contributed by atoms with Gasteiger partial charge >= 0.3 is 6.18 Å². The maximum Gasteiger partial charge on any atom is 0.416 e. The molecule has 0 spiro atoms. The molecule has 1 N–H and O–H groups in total. The lowest BCUT2D eigenvalue weighted by molar-refractivity contribution is -0.137. The van der Waals surface area contributed by atoms with Crippen LogP contribution in [0, 0.1) is 5.82 Å². The number of nitrogens with zero attached hydrogens (tertiary/aromatic N) is 2. The molecule has 0 aliphatic heterocycles. The molecule has 0 radical (unpaired) electrons. The van der Waals surface area contributed by atoms with Gasteiger partial charge in [-0.25, -0.2) is 9.82 Å². The Kier molecular flexibility index (Phi) is 5.77. The van der Waals surface area contributed by atoms with Crippen LogP contribution in [-0.2, 0) is 12.7 Å². The molecular formula is C24H17F4N3O. The summed E-state index contributed by atoms with van der Waals surface area (Å²) in [4.78, 5) is 12.2. The van der Waals surface area contributed by atoms with Crippen LogP contribution in [0.1, 0.15) is 27.0 Å². The van der Waals surface area contributed by atoms with E-state index < -0.39 is 17.6 Å². The molecule has 0 saturated carbocycles. The molecule has 1 aromatic heterocycles. The Morgan fingerprint density at radius 1 is 1.00 bits per heavy atom. The largest absolute Gasteiger partial charge is 0.416 e. The van der Waals surface area contributed by atoms with Crippen molar-refractivity contribution in [3.63, 3.8) is 0 Å². The van der Waals surface area contributed by atoms with E-state index >= 15 is 0 Å². The Labute approximate surface area is 180 Å². The minimum absolute atomic E-state index is 0.143. The van der Waals surface area contributed by atoms with Crippen molar-refractivity contribution >= 4 is 23.0 Å². The first-order valence-corrected chi connectivity index (χ1v) is 9.64. The molecule has 8 heteroatoms. The maximum atomic E-state index is 13.2. The quantitative estimate of drug-likeness (QED) is 0.245. The van der Waals surface area contributed by atoms with Crippen molar-refractivity contribution in [1.29, 1.82) is 0 Å². The third-order valence-electron chi connectivity index (χ3n) is 4.91. The average Bonchev–Trinajstić information content (AvgIpc) is 3.12. The number of benzene rings is 3. The summed E-state index contributed by atoms with van der Waals surface area (Å²) in [5.74, 6) is -1.06. The normalized spacial score (nSPS) is 11.9. The number of fused-ring (bicyclic) bond motifs is 1. The predicted molar refractivity (Wildman–Crippen MR) is 114 cm³/mol. The fourth-order valence-corrected chi connectivity index (χ4v) is 3.36. The van der Waals surface area contributed by atoms with Gasteiger partial charge in [0.05, 0.1) is 11.8 Å². The van der Waals surface area contributed by atoms with E-state index in [1.54, 1.807) is 12.1 Å². The number of para-hydroxylation sites is 1. The van der Waals surface area contributed by atoms with Gasteiger partial charge in [0.25, 0.3) is 5.91 Å². The molecule has 1 heterocycles. The van der Waals surface area contributed by atoms with Crippen LogP contribution in [0.5, 0.6) is 0 Å². The summed E-state index contributed by atoms with van der Waals surface area (Å²) in [5, 5.41) is 4.80. The Bertz CT molecular complexity index is 1290.